The van der Waals surface area contributed by atoms with E-state index < -0.39 is 0 Å². The van der Waals surface area contributed by atoms with Gasteiger partial charge in [-0.3, -0.25) is 4.90 Å². The van der Waals surface area contributed by atoms with Crippen molar-refractivity contribution in [3.8, 4) is 0 Å². The van der Waals surface area contributed by atoms with E-state index in [9.17, 15) is 0 Å². The lowest BCUT2D eigenvalue weighted by molar-refractivity contribution is 0.247. The van der Waals surface area contributed by atoms with Crippen LogP contribution in [0.1, 0.15) is 31.6 Å². The lowest BCUT2D eigenvalue weighted by Crippen LogP contribution is -2.29. The molecule has 1 fully saturated rings. The molecule has 1 aliphatic rings. The molecule has 0 bridgehead atoms. The molecule has 0 amide bonds. The number of hydrogen-bond acceptors (Lipinski definition) is 4. The van der Waals surface area contributed by atoms with Crippen molar-refractivity contribution in [2.24, 2.45) is 5.92 Å². The van der Waals surface area contributed by atoms with Gasteiger partial charge in [-0.15, -0.1) is 0 Å². The molecule has 2 rings (SSSR count). The zero-order chi connectivity index (χ0) is 14.4. The normalized spacial score (nSPS) is 18.6. The van der Waals surface area contributed by atoms with E-state index in [0.717, 1.165) is 38.5 Å². The van der Waals surface area contributed by atoms with Crippen molar-refractivity contribution in [1.29, 1.82) is 0 Å². The van der Waals surface area contributed by atoms with Gasteiger partial charge < -0.3 is 14.6 Å². The van der Waals surface area contributed by atoms with Crippen LogP contribution in [0.25, 0.3) is 0 Å². The third-order valence-electron chi connectivity index (χ3n) is 3.89. The molecule has 4 nitrogen and oxygen atoms in total. The highest BCUT2D eigenvalue weighted by Gasteiger charge is 2.15. The van der Waals surface area contributed by atoms with E-state index in [1.807, 2.05) is 6.26 Å². The highest BCUT2D eigenvalue weighted by molar-refractivity contribution is 5.16. The molecule has 0 spiro atoms. The summed E-state index contributed by atoms with van der Waals surface area (Å²) in [7, 11) is 2.21. The van der Waals surface area contributed by atoms with Crippen LogP contribution < -0.4 is 5.32 Å². The van der Waals surface area contributed by atoms with Crippen LogP contribution >= 0.6 is 0 Å². The van der Waals surface area contributed by atoms with Crippen molar-refractivity contribution in [3.05, 3.63) is 23.7 Å². The maximum absolute atomic E-state index is 5.70. The van der Waals surface area contributed by atoms with Crippen LogP contribution in [0.15, 0.2) is 16.7 Å². The largest absolute Gasteiger partial charge is 0.468 e. The standard InChI is InChI=1S/C16H29N3O/c1-14(2)11-17-12-15-5-10-20-16(15)13-19-7-4-6-18(3)8-9-19/h5,10,14,17H,4,6-9,11-13H2,1-3H3. The van der Waals surface area contributed by atoms with Crippen LogP contribution in [0.2, 0.25) is 0 Å². The molecule has 1 aromatic rings. The van der Waals surface area contributed by atoms with Crippen LogP contribution in [0.5, 0.6) is 0 Å². The summed E-state index contributed by atoms with van der Waals surface area (Å²) in [5.74, 6) is 1.82. The molecule has 0 radical (unpaired) electrons. The summed E-state index contributed by atoms with van der Waals surface area (Å²) in [6, 6.07) is 2.10. The third-order valence-corrected chi connectivity index (χ3v) is 3.89. The molecule has 1 aliphatic heterocycles. The molecule has 4 heteroatoms. The second kappa shape index (κ2) is 7.81. The smallest absolute Gasteiger partial charge is 0.122 e. The van der Waals surface area contributed by atoms with Crippen LogP contribution in [0.4, 0.5) is 0 Å². The molecule has 0 saturated carbocycles. The number of rotatable bonds is 6. The summed E-state index contributed by atoms with van der Waals surface area (Å²) in [6.45, 7) is 12.0. The fourth-order valence-electron chi connectivity index (χ4n) is 2.62. The van der Waals surface area contributed by atoms with Gasteiger partial charge in [0.2, 0.25) is 0 Å². The predicted molar refractivity (Wildman–Crippen MR) is 82.6 cm³/mol. The summed E-state index contributed by atoms with van der Waals surface area (Å²) < 4.78 is 5.70. The van der Waals surface area contributed by atoms with Gasteiger partial charge in [-0.1, -0.05) is 13.8 Å². The number of hydrogen-bond donors (Lipinski definition) is 1. The van der Waals surface area contributed by atoms with Crippen LogP contribution in [0.3, 0.4) is 0 Å². The predicted octanol–water partition coefficient (Wildman–Crippen LogP) is 2.16. The van der Waals surface area contributed by atoms with Gasteiger partial charge in [-0.2, -0.15) is 0 Å². The molecule has 0 aliphatic carbocycles. The van der Waals surface area contributed by atoms with E-state index in [-0.39, 0.29) is 0 Å². The summed E-state index contributed by atoms with van der Waals surface area (Å²) in [5.41, 5.74) is 1.31. The van der Waals surface area contributed by atoms with E-state index in [1.54, 1.807) is 0 Å². The third kappa shape index (κ3) is 4.93. The Morgan fingerprint density at radius 1 is 1.25 bits per heavy atom. The Bertz CT molecular complexity index is 389. The van der Waals surface area contributed by atoms with Gasteiger partial charge in [-0.25, -0.2) is 0 Å². The van der Waals surface area contributed by atoms with Gasteiger partial charge in [-0.05, 0) is 45.1 Å². The van der Waals surface area contributed by atoms with Gasteiger partial charge in [0.15, 0.2) is 0 Å². The highest BCUT2D eigenvalue weighted by atomic mass is 16.3. The lowest BCUT2D eigenvalue weighted by Gasteiger charge is -2.19. The van der Waals surface area contributed by atoms with Crippen molar-refractivity contribution in [2.75, 3.05) is 39.8 Å². The van der Waals surface area contributed by atoms with E-state index >= 15 is 0 Å². The topological polar surface area (TPSA) is 31.7 Å². The van der Waals surface area contributed by atoms with Gasteiger partial charge in [0.25, 0.3) is 0 Å². The molecule has 1 aromatic heterocycles. The zero-order valence-electron chi connectivity index (χ0n) is 13.2. The Hall–Kier alpha value is -0.840. The number of nitrogens with zero attached hydrogens (tertiary/aromatic N) is 2. The fourth-order valence-corrected chi connectivity index (χ4v) is 2.62. The van der Waals surface area contributed by atoms with Gasteiger partial charge in [0.05, 0.1) is 12.8 Å². The second-order valence-corrected chi connectivity index (χ2v) is 6.33. The molecule has 1 N–H and O–H groups in total. The Morgan fingerprint density at radius 2 is 2.10 bits per heavy atom. The first-order valence-electron chi connectivity index (χ1n) is 7.82. The van der Waals surface area contributed by atoms with E-state index in [1.165, 1.54) is 25.1 Å². The summed E-state index contributed by atoms with van der Waals surface area (Å²) in [4.78, 5) is 4.92. The van der Waals surface area contributed by atoms with Crippen molar-refractivity contribution in [3.63, 3.8) is 0 Å². The van der Waals surface area contributed by atoms with Gasteiger partial charge in [0.1, 0.15) is 5.76 Å². The van der Waals surface area contributed by atoms with Crippen LogP contribution in [-0.4, -0.2) is 49.6 Å². The van der Waals surface area contributed by atoms with Gasteiger partial charge in [0, 0.05) is 25.2 Å². The van der Waals surface area contributed by atoms with E-state index in [2.05, 4.69) is 42.1 Å². The van der Waals surface area contributed by atoms with Crippen LogP contribution in [-0.2, 0) is 13.1 Å². The lowest BCUT2D eigenvalue weighted by atomic mass is 10.2. The van der Waals surface area contributed by atoms with Crippen molar-refractivity contribution in [2.45, 2.75) is 33.4 Å². The Balaban J connectivity index is 1.84. The Kier molecular flexibility index (Phi) is 6.07. The van der Waals surface area contributed by atoms with Gasteiger partial charge >= 0.3 is 0 Å². The van der Waals surface area contributed by atoms with Crippen LogP contribution in [0, 0.1) is 5.92 Å². The molecular weight excluding hydrogens is 250 g/mol. The quantitative estimate of drug-likeness (QED) is 0.865. The maximum atomic E-state index is 5.70. The Labute approximate surface area is 123 Å². The van der Waals surface area contributed by atoms with Crippen molar-refractivity contribution >= 4 is 0 Å². The minimum Gasteiger partial charge on any atom is -0.468 e. The molecule has 20 heavy (non-hydrogen) atoms. The zero-order valence-corrected chi connectivity index (χ0v) is 13.2. The SMILES string of the molecule is CC(C)CNCc1ccoc1CN1CCCN(C)CC1. The molecule has 2 heterocycles. The Morgan fingerprint density at radius 3 is 2.90 bits per heavy atom. The monoisotopic (exact) mass is 279 g/mol. The van der Waals surface area contributed by atoms with E-state index in [4.69, 9.17) is 4.42 Å². The first-order chi connectivity index (χ1) is 9.65. The summed E-state index contributed by atoms with van der Waals surface area (Å²) in [5, 5.41) is 3.50. The number of nitrogens with one attached hydrogen (secondary N) is 1. The average molecular weight is 279 g/mol. The first-order valence-corrected chi connectivity index (χ1v) is 7.82. The minimum absolute atomic E-state index is 0.687. The number of furan rings is 1. The second-order valence-electron chi connectivity index (χ2n) is 6.33. The summed E-state index contributed by atoms with van der Waals surface area (Å²) >= 11 is 0. The average Bonchev–Trinajstić information content (AvgIpc) is 2.72. The molecule has 0 aromatic carbocycles. The van der Waals surface area contributed by atoms with E-state index in [0.29, 0.717) is 5.92 Å². The molecule has 0 atom stereocenters. The molecular formula is C16H29N3O. The first kappa shape index (κ1) is 15.5. The highest BCUT2D eigenvalue weighted by Crippen LogP contribution is 2.14. The molecule has 1 saturated heterocycles. The maximum Gasteiger partial charge on any atom is 0.122 e. The summed E-state index contributed by atoms with van der Waals surface area (Å²) in [6.07, 6.45) is 3.07. The number of likely N-dealkylation sites (N-methyl/N-ethyl adjacent to an activating group) is 1. The van der Waals surface area contributed by atoms with Crippen molar-refractivity contribution in [1.82, 2.24) is 15.1 Å². The molecule has 114 valence electrons. The fraction of sp³-hybridized carbons (Fsp3) is 0.750. The van der Waals surface area contributed by atoms with Crippen molar-refractivity contribution < 1.29 is 4.42 Å². The minimum atomic E-state index is 0.687. The molecule has 0 unspecified atom stereocenters.